The SMILES string of the molecule is C[C@@H](Nc1ccc(Cl)cc1)C(=O)N/N=C\c1cccc(Oc2ccccc2)c1. The number of hydrogen-bond acceptors (Lipinski definition) is 4. The maximum Gasteiger partial charge on any atom is 0.262 e. The van der Waals surface area contributed by atoms with Gasteiger partial charge >= 0.3 is 0 Å². The molecule has 0 unspecified atom stereocenters. The molecule has 1 atom stereocenters. The van der Waals surface area contributed by atoms with E-state index in [1.807, 2.05) is 66.7 Å². The third-order valence-electron chi connectivity index (χ3n) is 3.85. The highest BCUT2D eigenvalue weighted by Gasteiger charge is 2.11. The van der Waals surface area contributed by atoms with Crippen LogP contribution in [-0.2, 0) is 4.79 Å². The molecule has 0 aliphatic carbocycles. The lowest BCUT2D eigenvalue weighted by atomic mass is 10.2. The number of carbonyl (C=O) groups excluding carboxylic acids is 1. The van der Waals surface area contributed by atoms with Crippen molar-refractivity contribution < 1.29 is 9.53 Å². The number of carbonyl (C=O) groups is 1. The molecule has 0 saturated heterocycles. The van der Waals surface area contributed by atoms with Gasteiger partial charge in [0.15, 0.2) is 0 Å². The minimum atomic E-state index is -0.453. The number of rotatable bonds is 7. The Kier molecular flexibility index (Phi) is 6.65. The third kappa shape index (κ3) is 5.86. The summed E-state index contributed by atoms with van der Waals surface area (Å²) < 4.78 is 5.79. The molecule has 0 bridgehead atoms. The zero-order chi connectivity index (χ0) is 19.8. The highest BCUT2D eigenvalue weighted by Crippen LogP contribution is 2.21. The van der Waals surface area contributed by atoms with Crippen LogP contribution in [0.4, 0.5) is 5.69 Å². The van der Waals surface area contributed by atoms with Gasteiger partial charge in [0.05, 0.1) is 6.21 Å². The van der Waals surface area contributed by atoms with E-state index in [2.05, 4.69) is 15.8 Å². The first-order chi connectivity index (χ1) is 13.6. The third-order valence-corrected chi connectivity index (χ3v) is 4.10. The van der Waals surface area contributed by atoms with Crippen molar-refractivity contribution in [3.8, 4) is 11.5 Å². The Hall–Kier alpha value is -3.31. The monoisotopic (exact) mass is 393 g/mol. The average molecular weight is 394 g/mol. The van der Waals surface area contributed by atoms with Crippen LogP contribution in [0.3, 0.4) is 0 Å². The van der Waals surface area contributed by atoms with Crippen LogP contribution in [-0.4, -0.2) is 18.2 Å². The topological polar surface area (TPSA) is 62.7 Å². The molecular weight excluding hydrogens is 374 g/mol. The van der Waals surface area contributed by atoms with Crippen molar-refractivity contribution in [3.63, 3.8) is 0 Å². The van der Waals surface area contributed by atoms with Gasteiger partial charge in [0, 0.05) is 10.7 Å². The Labute approximate surface area is 169 Å². The summed E-state index contributed by atoms with van der Waals surface area (Å²) in [6, 6.07) is 23.7. The Balaban J connectivity index is 1.54. The molecule has 3 aromatic rings. The molecule has 142 valence electrons. The van der Waals surface area contributed by atoms with E-state index in [0.29, 0.717) is 10.8 Å². The predicted molar refractivity (Wildman–Crippen MR) is 113 cm³/mol. The molecule has 0 aliphatic heterocycles. The van der Waals surface area contributed by atoms with E-state index in [1.165, 1.54) is 0 Å². The first-order valence-corrected chi connectivity index (χ1v) is 9.16. The molecule has 0 saturated carbocycles. The van der Waals surface area contributed by atoms with Crippen LogP contribution in [0.15, 0.2) is 84.0 Å². The Morgan fingerprint density at radius 1 is 1.00 bits per heavy atom. The Morgan fingerprint density at radius 2 is 1.71 bits per heavy atom. The van der Waals surface area contributed by atoms with Gasteiger partial charge in [-0.25, -0.2) is 5.43 Å². The van der Waals surface area contributed by atoms with Gasteiger partial charge in [-0.2, -0.15) is 5.10 Å². The van der Waals surface area contributed by atoms with Crippen LogP contribution < -0.4 is 15.5 Å². The van der Waals surface area contributed by atoms with Crippen LogP contribution in [0.1, 0.15) is 12.5 Å². The molecule has 0 heterocycles. The standard InChI is InChI=1S/C22H20ClN3O2/c1-16(25-19-12-10-18(23)11-13-19)22(27)26-24-15-17-6-5-9-21(14-17)28-20-7-3-2-4-8-20/h2-16,25H,1H3,(H,26,27)/b24-15-/t16-/m1/s1. The first-order valence-electron chi connectivity index (χ1n) is 8.78. The van der Waals surface area contributed by atoms with Crippen molar-refractivity contribution in [2.24, 2.45) is 5.10 Å². The summed E-state index contributed by atoms with van der Waals surface area (Å²) in [6.45, 7) is 1.76. The number of hydrogen-bond donors (Lipinski definition) is 2. The second-order valence-corrected chi connectivity index (χ2v) is 6.53. The molecule has 0 aromatic heterocycles. The molecule has 3 aromatic carbocycles. The smallest absolute Gasteiger partial charge is 0.262 e. The lowest BCUT2D eigenvalue weighted by Crippen LogP contribution is -2.34. The van der Waals surface area contributed by atoms with E-state index in [9.17, 15) is 4.79 Å². The predicted octanol–water partition coefficient (Wildman–Crippen LogP) is 5.08. The fraction of sp³-hybridized carbons (Fsp3) is 0.0909. The van der Waals surface area contributed by atoms with Crippen molar-refractivity contribution in [1.82, 2.24) is 5.43 Å². The molecule has 5 nitrogen and oxygen atoms in total. The Morgan fingerprint density at radius 3 is 2.46 bits per heavy atom. The molecule has 0 aliphatic rings. The quantitative estimate of drug-likeness (QED) is 0.434. The van der Waals surface area contributed by atoms with Gasteiger partial charge in [0.1, 0.15) is 17.5 Å². The molecule has 28 heavy (non-hydrogen) atoms. The average Bonchev–Trinajstić information content (AvgIpc) is 2.71. The summed E-state index contributed by atoms with van der Waals surface area (Å²) >= 11 is 5.86. The molecule has 0 spiro atoms. The molecule has 0 fully saturated rings. The number of benzene rings is 3. The van der Waals surface area contributed by atoms with E-state index in [4.69, 9.17) is 16.3 Å². The molecule has 3 rings (SSSR count). The number of ether oxygens (including phenoxy) is 1. The lowest BCUT2D eigenvalue weighted by molar-refractivity contribution is -0.121. The van der Waals surface area contributed by atoms with Gasteiger partial charge in [0.25, 0.3) is 5.91 Å². The van der Waals surface area contributed by atoms with E-state index < -0.39 is 6.04 Å². The molecular formula is C22H20ClN3O2. The second kappa shape index (κ2) is 9.58. The number of hydrazone groups is 1. The highest BCUT2D eigenvalue weighted by molar-refractivity contribution is 6.30. The van der Waals surface area contributed by atoms with Gasteiger partial charge in [-0.3, -0.25) is 4.79 Å². The molecule has 1 amide bonds. The first kappa shape index (κ1) is 19.5. The normalized spacial score (nSPS) is 11.8. The van der Waals surface area contributed by atoms with Crippen LogP contribution in [0.5, 0.6) is 11.5 Å². The van der Waals surface area contributed by atoms with Crippen molar-refractivity contribution in [1.29, 1.82) is 0 Å². The number of para-hydroxylation sites is 1. The van der Waals surface area contributed by atoms with Gasteiger partial charge < -0.3 is 10.1 Å². The maximum atomic E-state index is 12.2. The van der Waals surface area contributed by atoms with Crippen molar-refractivity contribution in [3.05, 3.63) is 89.4 Å². The van der Waals surface area contributed by atoms with Crippen LogP contribution in [0.2, 0.25) is 5.02 Å². The summed E-state index contributed by atoms with van der Waals surface area (Å²) in [5.41, 5.74) is 4.15. The highest BCUT2D eigenvalue weighted by atomic mass is 35.5. The van der Waals surface area contributed by atoms with E-state index in [1.54, 1.807) is 25.3 Å². The number of halogens is 1. The largest absolute Gasteiger partial charge is 0.457 e. The van der Waals surface area contributed by atoms with E-state index >= 15 is 0 Å². The fourth-order valence-corrected chi connectivity index (χ4v) is 2.54. The molecule has 0 radical (unpaired) electrons. The number of anilines is 1. The van der Waals surface area contributed by atoms with Crippen LogP contribution in [0, 0.1) is 0 Å². The van der Waals surface area contributed by atoms with E-state index in [-0.39, 0.29) is 5.91 Å². The number of nitrogens with zero attached hydrogens (tertiary/aromatic N) is 1. The van der Waals surface area contributed by atoms with E-state index in [0.717, 1.165) is 17.0 Å². The van der Waals surface area contributed by atoms with Gasteiger partial charge in [-0.1, -0.05) is 41.9 Å². The van der Waals surface area contributed by atoms with Crippen molar-refractivity contribution >= 4 is 29.4 Å². The number of nitrogens with one attached hydrogen (secondary N) is 2. The van der Waals surface area contributed by atoms with Gasteiger partial charge in [0.2, 0.25) is 0 Å². The molecule has 6 heteroatoms. The zero-order valence-electron chi connectivity index (χ0n) is 15.3. The fourth-order valence-electron chi connectivity index (χ4n) is 2.41. The Bertz CT molecular complexity index is 944. The summed E-state index contributed by atoms with van der Waals surface area (Å²) in [6.07, 6.45) is 1.57. The lowest BCUT2D eigenvalue weighted by Gasteiger charge is -2.13. The van der Waals surface area contributed by atoms with Crippen molar-refractivity contribution in [2.45, 2.75) is 13.0 Å². The summed E-state index contributed by atoms with van der Waals surface area (Å²) in [5.74, 6) is 1.20. The minimum absolute atomic E-state index is 0.247. The van der Waals surface area contributed by atoms with Gasteiger partial charge in [-0.15, -0.1) is 0 Å². The summed E-state index contributed by atoms with van der Waals surface area (Å²) in [5, 5.41) is 7.76. The van der Waals surface area contributed by atoms with Crippen molar-refractivity contribution in [2.75, 3.05) is 5.32 Å². The zero-order valence-corrected chi connectivity index (χ0v) is 16.1. The summed E-state index contributed by atoms with van der Waals surface area (Å²) in [4.78, 5) is 12.2. The minimum Gasteiger partial charge on any atom is -0.457 e. The second-order valence-electron chi connectivity index (χ2n) is 6.09. The molecule has 2 N–H and O–H groups in total. The van der Waals surface area contributed by atoms with Crippen LogP contribution in [0.25, 0.3) is 0 Å². The van der Waals surface area contributed by atoms with Gasteiger partial charge in [-0.05, 0) is 61.0 Å². The maximum absolute atomic E-state index is 12.2. The summed E-state index contributed by atoms with van der Waals surface area (Å²) in [7, 11) is 0. The number of amides is 1. The van der Waals surface area contributed by atoms with Crippen LogP contribution >= 0.6 is 11.6 Å².